The zero-order valence-corrected chi connectivity index (χ0v) is 11.3. The number of hydrogen-bond acceptors (Lipinski definition) is 4. The molecule has 4 nitrogen and oxygen atoms in total. The maximum atomic E-state index is 11.9. The average Bonchev–Trinajstić information content (AvgIpc) is 2.72. The van der Waals surface area contributed by atoms with E-state index in [0.717, 1.165) is 8.66 Å². The van der Waals surface area contributed by atoms with Crippen LogP contribution in [0.25, 0.3) is 10.4 Å². The first-order valence-corrected chi connectivity index (χ1v) is 6.31. The van der Waals surface area contributed by atoms with E-state index in [-0.39, 0.29) is 11.1 Å². The largest absolute Gasteiger partial charge is 0.385 e. The monoisotopic (exact) mass is 309 g/mol. The van der Waals surface area contributed by atoms with Crippen molar-refractivity contribution >= 4 is 33.1 Å². The standard InChI is InChI=1S/C11H8BrN3OS/c1-15-10(14)4-6(7(5-13)11(15)16)8-2-3-9(12)17-8/h2-4H,14H2,1H3. The summed E-state index contributed by atoms with van der Waals surface area (Å²) >= 11 is 4.80. The molecular weight excluding hydrogens is 302 g/mol. The molecule has 0 aromatic carbocycles. The summed E-state index contributed by atoms with van der Waals surface area (Å²) in [6.07, 6.45) is 0. The van der Waals surface area contributed by atoms with E-state index in [4.69, 9.17) is 11.0 Å². The van der Waals surface area contributed by atoms with Gasteiger partial charge < -0.3 is 5.73 Å². The summed E-state index contributed by atoms with van der Waals surface area (Å²) in [5.41, 5.74) is 6.08. The minimum absolute atomic E-state index is 0.121. The Hall–Kier alpha value is -1.58. The van der Waals surface area contributed by atoms with Crippen LogP contribution >= 0.6 is 27.3 Å². The first-order valence-electron chi connectivity index (χ1n) is 4.70. The Bertz CT molecular complexity index is 681. The van der Waals surface area contributed by atoms with E-state index in [0.29, 0.717) is 11.4 Å². The quantitative estimate of drug-likeness (QED) is 0.878. The van der Waals surface area contributed by atoms with Gasteiger partial charge in [-0.15, -0.1) is 11.3 Å². The summed E-state index contributed by atoms with van der Waals surface area (Å²) in [6.45, 7) is 0. The van der Waals surface area contributed by atoms with Crippen molar-refractivity contribution in [1.82, 2.24) is 4.57 Å². The summed E-state index contributed by atoms with van der Waals surface area (Å²) in [5.74, 6) is 0.341. The van der Waals surface area contributed by atoms with E-state index >= 15 is 0 Å². The van der Waals surface area contributed by atoms with Crippen molar-refractivity contribution in [2.45, 2.75) is 0 Å². The van der Waals surface area contributed by atoms with Crippen LogP contribution in [0, 0.1) is 11.3 Å². The number of nitrogens with two attached hydrogens (primary N) is 1. The van der Waals surface area contributed by atoms with Gasteiger partial charge in [0.1, 0.15) is 17.5 Å². The molecule has 0 aliphatic carbocycles. The van der Waals surface area contributed by atoms with Gasteiger partial charge in [-0.2, -0.15) is 5.26 Å². The number of aromatic nitrogens is 1. The predicted molar refractivity (Wildman–Crippen MR) is 71.8 cm³/mol. The SMILES string of the molecule is Cn1c(N)cc(-c2ccc(Br)s2)c(C#N)c1=O. The second-order valence-electron chi connectivity index (χ2n) is 3.44. The van der Waals surface area contributed by atoms with Gasteiger partial charge in [-0.1, -0.05) is 0 Å². The number of anilines is 1. The molecule has 2 aromatic rings. The molecule has 0 saturated carbocycles. The highest BCUT2D eigenvalue weighted by Crippen LogP contribution is 2.32. The summed E-state index contributed by atoms with van der Waals surface area (Å²) in [4.78, 5) is 12.7. The van der Waals surface area contributed by atoms with E-state index in [9.17, 15) is 4.79 Å². The Labute approximate surface area is 110 Å². The number of rotatable bonds is 1. The lowest BCUT2D eigenvalue weighted by Crippen LogP contribution is -2.22. The first kappa shape index (κ1) is 11.9. The van der Waals surface area contributed by atoms with Crippen molar-refractivity contribution < 1.29 is 0 Å². The number of nitrogen functional groups attached to an aromatic ring is 1. The molecule has 6 heteroatoms. The summed E-state index contributed by atoms with van der Waals surface area (Å²) in [6, 6.07) is 7.31. The molecule has 0 aliphatic rings. The first-order chi connectivity index (χ1) is 8.04. The molecule has 0 saturated heterocycles. The van der Waals surface area contributed by atoms with Crippen LogP contribution in [0.3, 0.4) is 0 Å². The van der Waals surface area contributed by atoms with Gasteiger partial charge in [-0.05, 0) is 34.1 Å². The van der Waals surface area contributed by atoms with Crippen molar-refractivity contribution in [2.75, 3.05) is 5.73 Å². The van der Waals surface area contributed by atoms with E-state index in [1.807, 2.05) is 18.2 Å². The highest BCUT2D eigenvalue weighted by molar-refractivity contribution is 9.11. The van der Waals surface area contributed by atoms with Crippen LogP contribution < -0.4 is 11.3 Å². The zero-order valence-electron chi connectivity index (χ0n) is 8.90. The van der Waals surface area contributed by atoms with Crippen molar-refractivity contribution in [3.05, 3.63) is 37.9 Å². The van der Waals surface area contributed by atoms with Gasteiger partial charge in [0.25, 0.3) is 5.56 Å². The molecule has 2 rings (SSSR count). The molecule has 0 spiro atoms. The Morgan fingerprint density at radius 1 is 1.53 bits per heavy atom. The van der Waals surface area contributed by atoms with E-state index in [1.165, 1.54) is 15.9 Å². The molecule has 0 amide bonds. The zero-order chi connectivity index (χ0) is 12.6. The van der Waals surface area contributed by atoms with Crippen LogP contribution in [0.4, 0.5) is 5.82 Å². The molecule has 0 radical (unpaired) electrons. The Morgan fingerprint density at radius 2 is 2.24 bits per heavy atom. The average molecular weight is 310 g/mol. The smallest absolute Gasteiger partial charge is 0.270 e. The van der Waals surface area contributed by atoms with Crippen LogP contribution in [-0.4, -0.2) is 4.57 Å². The van der Waals surface area contributed by atoms with Crippen LogP contribution in [0.2, 0.25) is 0 Å². The minimum Gasteiger partial charge on any atom is -0.385 e. The molecule has 0 bridgehead atoms. The van der Waals surface area contributed by atoms with E-state index in [2.05, 4.69) is 15.9 Å². The predicted octanol–water partition coefficient (Wildman–Crippen LogP) is 2.33. The van der Waals surface area contributed by atoms with Gasteiger partial charge >= 0.3 is 0 Å². The number of nitrogens with zero attached hydrogens (tertiary/aromatic N) is 2. The molecule has 2 N–H and O–H groups in total. The van der Waals surface area contributed by atoms with Crippen LogP contribution in [0.5, 0.6) is 0 Å². The van der Waals surface area contributed by atoms with Gasteiger partial charge in [0, 0.05) is 17.5 Å². The van der Waals surface area contributed by atoms with Crippen LogP contribution in [0.15, 0.2) is 26.8 Å². The molecule has 0 fully saturated rings. The van der Waals surface area contributed by atoms with Gasteiger partial charge in [0.05, 0.1) is 3.79 Å². The number of pyridine rings is 1. The molecule has 2 aromatic heterocycles. The van der Waals surface area contributed by atoms with Crippen molar-refractivity contribution in [2.24, 2.45) is 7.05 Å². The second kappa shape index (κ2) is 4.35. The maximum Gasteiger partial charge on any atom is 0.270 e. The fourth-order valence-corrected chi connectivity index (χ4v) is 2.89. The van der Waals surface area contributed by atoms with Crippen molar-refractivity contribution in [3.8, 4) is 16.5 Å². The highest BCUT2D eigenvalue weighted by atomic mass is 79.9. The Kier molecular flexibility index (Phi) is 3.05. The number of thiophene rings is 1. The summed E-state index contributed by atoms with van der Waals surface area (Å²) < 4.78 is 2.21. The third-order valence-corrected chi connectivity index (χ3v) is 4.07. The Morgan fingerprint density at radius 3 is 2.76 bits per heavy atom. The maximum absolute atomic E-state index is 11.9. The lowest BCUT2D eigenvalue weighted by Gasteiger charge is -2.07. The molecule has 2 heterocycles. The molecule has 0 atom stereocenters. The van der Waals surface area contributed by atoms with Gasteiger partial charge in [-0.25, -0.2) is 0 Å². The number of nitriles is 1. The summed E-state index contributed by atoms with van der Waals surface area (Å²) in [7, 11) is 1.55. The lowest BCUT2D eigenvalue weighted by molar-refractivity contribution is 0.871. The molecule has 17 heavy (non-hydrogen) atoms. The van der Waals surface area contributed by atoms with Gasteiger partial charge in [0.15, 0.2) is 0 Å². The second-order valence-corrected chi connectivity index (χ2v) is 5.90. The summed E-state index contributed by atoms with van der Waals surface area (Å²) in [5, 5.41) is 9.07. The Balaban J connectivity index is 2.79. The minimum atomic E-state index is -0.368. The van der Waals surface area contributed by atoms with Gasteiger partial charge in [0.2, 0.25) is 0 Å². The number of hydrogen-bond donors (Lipinski definition) is 1. The van der Waals surface area contributed by atoms with Gasteiger partial charge in [-0.3, -0.25) is 9.36 Å². The van der Waals surface area contributed by atoms with Crippen LogP contribution in [0.1, 0.15) is 5.56 Å². The third kappa shape index (κ3) is 1.99. The van der Waals surface area contributed by atoms with Crippen molar-refractivity contribution in [3.63, 3.8) is 0 Å². The molecule has 86 valence electrons. The highest BCUT2D eigenvalue weighted by Gasteiger charge is 2.14. The molecule has 0 aliphatic heterocycles. The van der Waals surface area contributed by atoms with Crippen molar-refractivity contribution in [1.29, 1.82) is 5.26 Å². The topological polar surface area (TPSA) is 71.8 Å². The van der Waals surface area contributed by atoms with E-state index < -0.39 is 0 Å². The third-order valence-electron chi connectivity index (χ3n) is 2.42. The van der Waals surface area contributed by atoms with E-state index in [1.54, 1.807) is 13.1 Å². The van der Waals surface area contributed by atoms with Crippen LogP contribution in [-0.2, 0) is 7.05 Å². The normalized spacial score (nSPS) is 10.2. The number of halogens is 1. The fourth-order valence-electron chi connectivity index (χ4n) is 1.48. The molecule has 0 unspecified atom stereocenters. The fraction of sp³-hybridized carbons (Fsp3) is 0.0909. The lowest BCUT2D eigenvalue weighted by atomic mass is 10.1. The molecular formula is C11H8BrN3OS.